The molecule has 0 spiro atoms. The molecule has 0 aromatic heterocycles. The van der Waals surface area contributed by atoms with E-state index in [2.05, 4.69) is 0 Å². The number of carboxylic acid groups (broad SMARTS) is 1. The zero-order valence-electron chi connectivity index (χ0n) is 8.39. The first kappa shape index (κ1) is 13.4. The molecule has 0 fully saturated rings. The second-order valence-electron chi connectivity index (χ2n) is 3.05. The Kier molecular flexibility index (Phi) is 5.71. The van der Waals surface area contributed by atoms with Gasteiger partial charge in [-0.25, -0.2) is 8.42 Å². The Hall–Kier alpha value is -0.620. The van der Waals surface area contributed by atoms with Gasteiger partial charge in [0.15, 0.2) is 9.84 Å². The maximum absolute atomic E-state index is 11.3. The number of hydrogen-bond donors (Lipinski definition) is 1. The molecule has 0 saturated carbocycles. The molecule has 0 rings (SSSR count). The van der Waals surface area contributed by atoms with Crippen molar-refractivity contribution < 1.29 is 23.1 Å². The highest BCUT2D eigenvalue weighted by Gasteiger charge is 2.20. The first-order valence-corrected chi connectivity index (χ1v) is 6.22. The molecule has 14 heavy (non-hydrogen) atoms. The number of sulfone groups is 1. The van der Waals surface area contributed by atoms with E-state index in [0.29, 0.717) is 6.61 Å². The van der Waals surface area contributed by atoms with Gasteiger partial charge in [0.25, 0.3) is 0 Å². The molecule has 0 amide bonds. The Labute approximate surface area is 84.0 Å². The quantitative estimate of drug-likeness (QED) is 0.623. The van der Waals surface area contributed by atoms with E-state index in [4.69, 9.17) is 9.84 Å². The van der Waals surface area contributed by atoms with Crippen molar-refractivity contribution in [1.29, 1.82) is 0 Å². The third-order valence-electron chi connectivity index (χ3n) is 1.67. The van der Waals surface area contributed by atoms with E-state index in [9.17, 15) is 13.2 Å². The van der Waals surface area contributed by atoms with E-state index in [1.54, 1.807) is 6.92 Å². The fraction of sp³-hybridized carbons (Fsp3) is 0.875. The average molecular weight is 224 g/mol. The molecule has 0 aromatic rings. The zero-order chi connectivity index (χ0) is 11.2. The number of aliphatic carboxylic acids is 1. The lowest BCUT2D eigenvalue weighted by molar-refractivity contribution is -0.140. The highest BCUT2D eigenvalue weighted by molar-refractivity contribution is 7.91. The minimum absolute atomic E-state index is 0.113. The lowest BCUT2D eigenvalue weighted by Crippen LogP contribution is -2.24. The zero-order valence-corrected chi connectivity index (χ0v) is 9.21. The number of rotatable bonds is 7. The van der Waals surface area contributed by atoms with Crippen molar-refractivity contribution in [2.45, 2.75) is 13.8 Å². The largest absolute Gasteiger partial charge is 0.481 e. The Balaban J connectivity index is 4.01. The van der Waals surface area contributed by atoms with Crippen LogP contribution in [0.2, 0.25) is 0 Å². The summed E-state index contributed by atoms with van der Waals surface area (Å²) in [6.07, 6.45) is 0. The fourth-order valence-corrected chi connectivity index (χ4v) is 2.31. The van der Waals surface area contributed by atoms with Gasteiger partial charge in [-0.2, -0.15) is 0 Å². The molecule has 0 aliphatic heterocycles. The number of hydrogen-bond acceptors (Lipinski definition) is 4. The van der Waals surface area contributed by atoms with Crippen molar-refractivity contribution in [2.24, 2.45) is 5.92 Å². The molecule has 6 heteroatoms. The number of carboxylic acids is 1. The molecular formula is C8H16O5S. The van der Waals surface area contributed by atoms with Crippen LogP contribution in [0.25, 0.3) is 0 Å². The molecule has 1 N–H and O–H groups in total. The second kappa shape index (κ2) is 5.98. The van der Waals surface area contributed by atoms with Gasteiger partial charge in [0, 0.05) is 6.61 Å². The molecule has 0 aliphatic carbocycles. The van der Waals surface area contributed by atoms with Gasteiger partial charge in [-0.15, -0.1) is 0 Å². The van der Waals surface area contributed by atoms with Crippen LogP contribution in [-0.4, -0.2) is 44.2 Å². The number of carbonyl (C=O) groups is 1. The molecule has 84 valence electrons. The summed E-state index contributed by atoms with van der Waals surface area (Å²) >= 11 is 0. The molecule has 0 bridgehead atoms. The van der Waals surface area contributed by atoms with Crippen LogP contribution < -0.4 is 0 Å². The predicted molar refractivity (Wildman–Crippen MR) is 51.9 cm³/mol. The molecular weight excluding hydrogens is 208 g/mol. The van der Waals surface area contributed by atoms with E-state index in [0.717, 1.165) is 0 Å². The van der Waals surface area contributed by atoms with Crippen LogP contribution in [0.3, 0.4) is 0 Å². The van der Waals surface area contributed by atoms with Gasteiger partial charge in [0.1, 0.15) is 0 Å². The van der Waals surface area contributed by atoms with Crippen LogP contribution >= 0.6 is 0 Å². The normalized spacial score (nSPS) is 13.9. The van der Waals surface area contributed by atoms with Crippen LogP contribution in [0.1, 0.15) is 13.8 Å². The van der Waals surface area contributed by atoms with Gasteiger partial charge in [-0.3, -0.25) is 4.79 Å². The van der Waals surface area contributed by atoms with Gasteiger partial charge in [0.05, 0.1) is 24.0 Å². The summed E-state index contributed by atoms with van der Waals surface area (Å²) in [4.78, 5) is 10.4. The third-order valence-corrected chi connectivity index (χ3v) is 3.46. The third kappa shape index (κ3) is 5.93. The van der Waals surface area contributed by atoms with Crippen molar-refractivity contribution in [3.05, 3.63) is 0 Å². The predicted octanol–water partition coefficient (Wildman–Crippen LogP) is 0.158. The smallest absolute Gasteiger partial charge is 0.307 e. The van der Waals surface area contributed by atoms with E-state index in [1.807, 2.05) is 0 Å². The maximum Gasteiger partial charge on any atom is 0.307 e. The minimum atomic E-state index is -3.30. The Bertz CT molecular complexity index is 269. The SMILES string of the molecule is CCOCCS(=O)(=O)CC(C)C(=O)O. The summed E-state index contributed by atoms with van der Waals surface area (Å²) < 4.78 is 27.4. The highest BCUT2D eigenvalue weighted by Crippen LogP contribution is 2.02. The Morgan fingerprint density at radius 3 is 2.50 bits per heavy atom. The summed E-state index contributed by atoms with van der Waals surface area (Å²) in [6, 6.07) is 0. The Morgan fingerprint density at radius 1 is 1.50 bits per heavy atom. The monoisotopic (exact) mass is 224 g/mol. The molecule has 1 unspecified atom stereocenters. The number of ether oxygens (including phenoxy) is 1. The topological polar surface area (TPSA) is 80.7 Å². The second-order valence-corrected chi connectivity index (χ2v) is 5.28. The van der Waals surface area contributed by atoms with Gasteiger partial charge < -0.3 is 9.84 Å². The summed E-state index contributed by atoms with van der Waals surface area (Å²) in [5.74, 6) is -2.39. The van der Waals surface area contributed by atoms with Gasteiger partial charge in [-0.1, -0.05) is 6.92 Å². The molecule has 1 atom stereocenters. The summed E-state index contributed by atoms with van der Waals surface area (Å²) in [5.41, 5.74) is 0. The van der Waals surface area contributed by atoms with Gasteiger partial charge >= 0.3 is 5.97 Å². The van der Waals surface area contributed by atoms with Crippen LogP contribution in [-0.2, 0) is 19.4 Å². The van der Waals surface area contributed by atoms with Crippen molar-refractivity contribution in [2.75, 3.05) is 24.7 Å². The lowest BCUT2D eigenvalue weighted by Gasteiger charge is -2.07. The van der Waals surface area contributed by atoms with Crippen molar-refractivity contribution >= 4 is 15.8 Å². The van der Waals surface area contributed by atoms with Gasteiger partial charge in [0.2, 0.25) is 0 Å². The molecule has 0 saturated heterocycles. The van der Waals surface area contributed by atoms with E-state index < -0.39 is 21.7 Å². The lowest BCUT2D eigenvalue weighted by atomic mass is 10.2. The van der Waals surface area contributed by atoms with Crippen LogP contribution in [0.15, 0.2) is 0 Å². The van der Waals surface area contributed by atoms with Crippen molar-refractivity contribution in [1.82, 2.24) is 0 Å². The average Bonchev–Trinajstić information content (AvgIpc) is 2.03. The van der Waals surface area contributed by atoms with Crippen LogP contribution in [0.5, 0.6) is 0 Å². The van der Waals surface area contributed by atoms with Crippen LogP contribution in [0.4, 0.5) is 0 Å². The first-order chi connectivity index (χ1) is 6.39. The molecule has 0 heterocycles. The summed E-state index contributed by atoms with van der Waals surface area (Å²) in [5, 5.41) is 8.52. The van der Waals surface area contributed by atoms with E-state index >= 15 is 0 Å². The Morgan fingerprint density at radius 2 is 2.07 bits per heavy atom. The maximum atomic E-state index is 11.3. The summed E-state index contributed by atoms with van der Waals surface area (Å²) in [7, 11) is -3.30. The van der Waals surface area contributed by atoms with Crippen molar-refractivity contribution in [3.8, 4) is 0 Å². The van der Waals surface area contributed by atoms with Crippen molar-refractivity contribution in [3.63, 3.8) is 0 Å². The molecule has 0 aromatic carbocycles. The molecule has 0 aliphatic rings. The summed E-state index contributed by atoms with van der Waals surface area (Å²) in [6.45, 7) is 3.74. The minimum Gasteiger partial charge on any atom is -0.481 e. The van der Waals surface area contributed by atoms with Crippen LogP contribution in [0, 0.1) is 5.92 Å². The molecule has 0 radical (unpaired) electrons. The van der Waals surface area contributed by atoms with Gasteiger partial charge in [-0.05, 0) is 6.92 Å². The van der Waals surface area contributed by atoms with E-state index in [-0.39, 0.29) is 18.1 Å². The van der Waals surface area contributed by atoms with E-state index in [1.165, 1.54) is 6.92 Å². The molecule has 5 nitrogen and oxygen atoms in total. The first-order valence-electron chi connectivity index (χ1n) is 4.40. The fourth-order valence-electron chi connectivity index (χ4n) is 0.866. The standard InChI is InChI=1S/C8H16O5S/c1-3-13-4-5-14(11,12)6-7(2)8(9)10/h7H,3-6H2,1-2H3,(H,9,10). The highest BCUT2D eigenvalue weighted by atomic mass is 32.2.